The van der Waals surface area contributed by atoms with Crippen LogP contribution in [0.5, 0.6) is 5.75 Å². The number of nitrogens with zero attached hydrogens (tertiary/aromatic N) is 5. The Bertz CT molecular complexity index is 2150. The molecule has 2 N–H and O–H groups in total. The number of likely N-dealkylation sites (tertiary alicyclic amines) is 1. The highest BCUT2D eigenvalue weighted by Crippen LogP contribution is 2.45. The van der Waals surface area contributed by atoms with Crippen molar-refractivity contribution in [3.8, 4) is 5.75 Å². The molecule has 3 atom stereocenters. The first kappa shape index (κ1) is 36.6. The molecule has 6 aliphatic rings. The third-order valence-electron chi connectivity index (χ3n) is 12.7. The number of rotatable bonds is 7. The van der Waals surface area contributed by atoms with Crippen LogP contribution in [-0.4, -0.2) is 106 Å². The molecule has 11 nitrogen and oxygen atoms in total. The summed E-state index contributed by atoms with van der Waals surface area (Å²) in [5, 5.41) is 12.4. The van der Waals surface area contributed by atoms with Crippen molar-refractivity contribution in [1.29, 1.82) is 0 Å². The number of carbonyl (C=O) groups is 4. The molecule has 0 aromatic heterocycles. The van der Waals surface area contributed by atoms with Gasteiger partial charge in [-0.3, -0.25) is 34.3 Å². The number of phenolic OH excluding ortho intramolecular Hbond substituents is 1. The number of hydrogen-bond donors (Lipinski definition) is 2. The topological polar surface area (TPSA) is 117 Å². The highest BCUT2D eigenvalue weighted by atomic mass is 19.3. The number of nitrogens with one attached hydrogen (secondary N) is 1. The third kappa shape index (κ3) is 6.28. The van der Waals surface area contributed by atoms with E-state index in [2.05, 4.69) is 10.2 Å². The molecular formula is C41H42F4N6O5. The number of amides is 4. The van der Waals surface area contributed by atoms with Crippen LogP contribution < -0.4 is 10.2 Å². The molecule has 1 spiro atoms. The molecule has 3 aromatic rings. The van der Waals surface area contributed by atoms with Gasteiger partial charge in [0.1, 0.15) is 23.4 Å². The second kappa shape index (κ2) is 13.6. The van der Waals surface area contributed by atoms with Gasteiger partial charge in [-0.1, -0.05) is 12.1 Å². The first-order valence-electron chi connectivity index (χ1n) is 19.1. The van der Waals surface area contributed by atoms with Gasteiger partial charge < -0.3 is 19.8 Å². The minimum Gasteiger partial charge on any atom is -0.508 e. The van der Waals surface area contributed by atoms with Gasteiger partial charge in [-0.05, 0) is 84.3 Å². The number of alkyl halides is 2. The third-order valence-corrected chi connectivity index (χ3v) is 12.7. The molecule has 15 heteroatoms. The maximum absolute atomic E-state index is 16.1. The van der Waals surface area contributed by atoms with Crippen molar-refractivity contribution in [1.82, 2.24) is 24.9 Å². The molecule has 3 aromatic carbocycles. The average Bonchev–Trinajstić information content (AvgIpc) is 3.83. The summed E-state index contributed by atoms with van der Waals surface area (Å²) in [4.78, 5) is 59.5. The van der Waals surface area contributed by atoms with E-state index < -0.39 is 48.6 Å². The number of piperidine rings is 1. The molecule has 1 unspecified atom stereocenters. The van der Waals surface area contributed by atoms with Gasteiger partial charge in [0.25, 0.3) is 12.3 Å². The average molecular weight is 775 g/mol. The van der Waals surface area contributed by atoms with Gasteiger partial charge in [0.15, 0.2) is 0 Å². The van der Waals surface area contributed by atoms with Crippen LogP contribution in [0.1, 0.15) is 76.0 Å². The molecule has 0 aliphatic carbocycles. The van der Waals surface area contributed by atoms with Gasteiger partial charge in [-0.15, -0.1) is 0 Å². The number of hydrogen-bond acceptors (Lipinski definition) is 8. The predicted molar refractivity (Wildman–Crippen MR) is 195 cm³/mol. The molecule has 56 heavy (non-hydrogen) atoms. The Hall–Kier alpha value is -5.02. The lowest BCUT2D eigenvalue weighted by molar-refractivity contribution is -0.137. The fourth-order valence-electron chi connectivity index (χ4n) is 10.1. The van der Waals surface area contributed by atoms with Crippen LogP contribution in [0.3, 0.4) is 0 Å². The van der Waals surface area contributed by atoms with Crippen LogP contribution in [0.2, 0.25) is 0 Å². The van der Waals surface area contributed by atoms with E-state index in [4.69, 9.17) is 0 Å². The number of imide groups is 1. The van der Waals surface area contributed by atoms with Crippen molar-refractivity contribution in [2.45, 2.75) is 76.8 Å². The van der Waals surface area contributed by atoms with Crippen LogP contribution in [0.25, 0.3) is 0 Å². The second-order valence-corrected chi connectivity index (χ2v) is 16.5. The summed E-state index contributed by atoms with van der Waals surface area (Å²) in [6.45, 7) is 4.83. The largest absolute Gasteiger partial charge is 0.508 e. The summed E-state index contributed by atoms with van der Waals surface area (Å²) in [5.41, 5.74) is 4.31. The molecule has 3 fully saturated rings. The zero-order valence-electron chi connectivity index (χ0n) is 30.9. The molecule has 3 saturated heterocycles. The van der Waals surface area contributed by atoms with Crippen molar-refractivity contribution in [2.24, 2.45) is 5.41 Å². The van der Waals surface area contributed by atoms with Gasteiger partial charge in [-0.2, -0.15) is 0 Å². The molecule has 0 bridgehead atoms. The number of halogens is 4. The second-order valence-electron chi connectivity index (χ2n) is 16.5. The van der Waals surface area contributed by atoms with Crippen LogP contribution in [0.15, 0.2) is 42.5 Å². The summed E-state index contributed by atoms with van der Waals surface area (Å²) < 4.78 is 59.6. The van der Waals surface area contributed by atoms with Gasteiger partial charge in [0, 0.05) is 80.5 Å². The molecule has 9 rings (SSSR count). The molecule has 294 valence electrons. The molecule has 6 heterocycles. The van der Waals surface area contributed by atoms with Crippen molar-refractivity contribution in [3.05, 3.63) is 93.0 Å². The zero-order valence-corrected chi connectivity index (χ0v) is 30.9. The maximum atomic E-state index is 16.1. The van der Waals surface area contributed by atoms with E-state index in [0.717, 1.165) is 23.1 Å². The molecule has 4 amide bonds. The SMILES string of the molecule is C[C@@H]1Cc2cc(O)ccc2[C@@H](c2c(F)cc(N3CCC4(CN(CC(=O)N5Cc6cc7c(cc6C5)C(=O)N(C5CCC(=O)NC5=O)C7)C4)C3)cc2F)N1CC(F)F. The number of phenols is 1. The van der Waals surface area contributed by atoms with E-state index >= 15 is 8.78 Å². The summed E-state index contributed by atoms with van der Waals surface area (Å²) in [6, 6.07) is 8.64. The fraction of sp³-hybridized carbons (Fsp3) is 0.463. The van der Waals surface area contributed by atoms with Crippen LogP contribution in [0.4, 0.5) is 23.2 Å². The number of benzene rings is 3. The van der Waals surface area contributed by atoms with Gasteiger partial charge >= 0.3 is 0 Å². The quantitative estimate of drug-likeness (QED) is 0.273. The number of fused-ring (bicyclic) bond motifs is 3. The Morgan fingerprint density at radius 3 is 2.39 bits per heavy atom. The van der Waals surface area contributed by atoms with Crippen LogP contribution in [0, 0.1) is 17.0 Å². The fourth-order valence-corrected chi connectivity index (χ4v) is 10.1. The molecule has 0 radical (unpaired) electrons. The Labute approximate surface area is 320 Å². The summed E-state index contributed by atoms with van der Waals surface area (Å²) in [6.07, 6.45) is -1.08. The van der Waals surface area contributed by atoms with Gasteiger partial charge in [0.2, 0.25) is 17.7 Å². The Balaban J connectivity index is 0.824. The lowest BCUT2D eigenvalue weighted by Crippen LogP contribution is -2.59. The minimum absolute atomic E-state index is 0.00113. The van der Waals surface area contributed by atoms with Crippen LogP contribution >= 0.6 is 0 Å². The van der Waals surface area contributed by atoms with E-state index in [1.807, 2.05) is 17.0 Å². The number of aromatic hydroxyl groups is 1. The maximum Gasteiger partial charge on any atom is 0.255 e. The first-order valence-corrected chi connectivity index (χ1v) is 19.1. The lowest BCUT2D eigenvalue weighted by Gasteiger charge is -2.48. The Kier molecular flexibility index (Phi) is 8.87. The molecule has 0 saturated carbocycles. The summed E-state index contributed by atoms with van der Waals surface area (Å²) in [5.74, 6) is -2.69. The van der Waals surface area contributed by atoms with E-state index in [9.17, 15) is 33.1 Å². The van der Waals surface area contributed by atoms with Crippen LogP contribution in [-0.2, 0) is 40.4 Å². The van der Waals surface area contributed by atoms with Gasteiger partial charge in [-0.25, -0.2) is 17.6 Å². The highest BCUT2D eigenvalue weighted by Gasteiger charge is 2.49. The van der Waals surface area contributed by atoms with E-state index in [-0.39, 0.29) is 54.0 Å². The normalized spacial score (nSPS) is 24.5. The van der Waals surface area contributed by atoms with E-state index in [0.29, 0.717) is 74.5 Å². The van der Waals surface area contributed by atoms with E-state index in [1.165, 1.54) is 34.1 Å². The van der Waals surface area contributed by atoms with E-state index in [1.54, 1.807) is 17.9 Å². The smallest absolute Gasteiger partial charge is 0.255 e. The van der Waals surface area contributed by atoms with Crippen molar-refractivity contribution < 1.29 is 41.8 Å². The number of anilines is 1. The minimum atomic E-state index is -2.71. The lowest BCUT2D eigenvalue weighted by atomic mass is 9.79. The molecular weight excluding hydrogens is 732 g/mol. The van der Waals surface area contributed by atoms with Gasteiger partial charge in [0.05, 0.1) is 19.1 Å². The number of carbonyl (C=O) groups excluding carboxylic acids is 4. The standard InChI is InChI=1S/C41H42F4N6O5/c1-22-8-23-10-28(52)2-3-29(23)38(50(22)17-34(44)45)37-31(42)12-27(13-32(37)43)48-7-6-41(21-48)19-47(20-41)18-36(54)49-14-24-9-26-16-51(33-4-5-35(53)46-39(33)55)40(56)30(26)11-25(24)15-49/h2-3,9-13,22,33-34,38,52H,4-8,14-21H2,1H3,(H,46,53,55)/t22-,33?,38+/m1/s1. The van der Waals surface area contributed by atoms with Crippen molar-refractivity contribution in [2.75, 3.05) is 44.2 Å². The first-order chi connectivity index (χ1) is 26.8. The monoisotopic (exact) mass is 774 g/mol. The Morgan fingerprint density at radius 2 is 1.68 bits per heavy atom. The molecule has 6 aliphatic heterocycles. The predicted octanol–water partition coefficient (Wildman–Crippen LogP) is 4.09. The highest BCUT2D eigenvalue weighted by molar-refractivity contribution is 6.05. The Morgan fingerprint density at radius 1 is 0.946 bits per heavy atom. The zero-order chi connectivity index (χ0) is 39.2. The van der Waals surface area contributed by atoms with Crippen molar-refractivity contribution >= 4 is 29.3 Å². The van der Waals surface area contributed by atoms with Crippen molar-refractivity contribution in [3.63, 3.8) is 0 Å². The summed E-state index contributed by atoms with van der Waals surface area (Å²) >= 11 is 0. The summed E-state index contributed by atoms with van der Waals surface area (Å²) in [7, 11) is 0.